The van der Waals surface area contributed by atoms with Crippen LogP contribution in [0.25, 0.3) is 120 Å². The smallest absolute Gasteiger partial charge is 0.100 e. The number of benzene rings is 14. The van der Waals surface area contributed by atoms with E-state index in [1.165, 1.54) is 0 Å². The van der Waals surface area contributed by atoms with Crippen LogP contribution in [0.5, 0.6) is 0 Å². The highest BCUT2D eigenvalue weighted by Crippen LogP contribution is 2.54. The van der Waals surface area contributed by atoms with E-state index in [-0.39, 0.29) is 0 Å². The largest absolute Gasteiger partial charge is 0.310 e. The van der Waals surface area contributed by atoms with Crippen molar-refractivity contribution in [3.63, 3.8) is 0 Å². The van der Waals surface area contributed by atoms with Crippen LogP contribution in [0.2, 0.25) is 0 Å². The van der Waals surface area contributed by atoms with Crippen LogP contribution in [0.1, 0.15) is 0 Å². The van der Waals surface area contributed by atoms with E-state index < -0.39 is 0 Å². The Bertz CT molecular complexity index is 6190. The number of nitrogens with zero attached hydrogens (tertiary/aromatic N) is 10. The summed E-state index contributed by atoms with van der Waals surface area (Å²) in [7, 11) is 0. The maximum absolute atomic E-state index is 6.18. The van der Waals surface area contributed by atoms with Gasteiger partial charge in [-0.1, -0.05) is 146 Å². The highest BCUT2D eigenvalue weighted by molar-refractivity contribution is 6.41. The summed E-state index contributed by atoms with van der Waals surface area (Å²) in [5.74, 6) is 0. The highest BCUT2D eigenvalue weighted by atomic mass is 15.2. The number of rotatable bonds is 12. The van der Waals surface area contributed by atoms with Crippen LogP contribution in [-0.2, 0) is 0 Å². The molecule has 0 spiro atoms. The predicted molar refractivity (Wildman–Crippen MR) is 416 cm³/mol. The van der Waals surface area contributed by atoms with Gasteiger partial charge in [0.1, 0.15) is 11.0 Å². The summed E-state index contributed by atoms with van der Waals surface area (Å²) < 4.78 is 5.16. The van der Waals surface area contributed by atoms with Gasteiger partial charge in [-0.2, -0.15) is 0 Å². The Kier molecular flexibility index (Phi) is 12.2. The van der Waals surface area contributed by atoms with Crippen molar-refractivity contribution in [1.82, 2.24) is 28.7 Å². The molecule has 0 N–H and O–H groups in total. The molecule has 0 bridgehead atoms. The number of fused-ring (bicyclic) bond motifs is 22. The van der Waals surface area contributed by atoms with Crippen LogP contribution in [0.3, 0.4) is 0 Å². The minimum atomic E-state index is 0.802. The molecule has 0 saturated heterocycles. The van der Waals surface area contributed by atoms with Crippen LogP contribution in [0.15, 0.2) is 340 Å². The fraction of sp³-hybridized carbons (Fsp3) is 0. The molecule has 7 heterocycles. The van der Waals surface area contributed by atoms with Gasteiger partial charge in [0.25, 0.3) is 0 Å². The minimum absolute atomic E-state index is 0.802. The summed E-state index contributed by atoms with van der Waals surface area (Å²) in [6.07, 6.45) is 7.64. The summed E-state index contributed by atoms with van der Waals surface area (Å²) >= 11 is 0. The third-order valence-corrected chi connectivity index (χ3v) is 20.3. The van der Waals surface area contributed by atoms with Gasteiger partial charge in [-0.25, -0.2) is 9.97 Å². The molecule has 0 unspecified atom stereocenters. The molecule has 7 aromatic heterocycles. The predicted octanol–water partition coefficient (Wildman–Crippen LogP) is 24.1. The molecule has 21 aromatic rings. The van der Waals surface area contributed by atoms with Gasteiger partial charge in [-0.3, -0.25) is 9.97 Å². The third-order valence-electron chi connectivity index (χ3n) is 20.3. The summed E-state index contributed by atoms with van der Waals surface area (Å²) in [6, 6.07) is 114. The van der Waals surface area contributed by atoms with Crippen molar-refractivity contribution >= 4 is 188 Å². The Balaban J connectivity index is 0.993. The average Bonchev–Trinajstić information content (AvgIpc) is 1.49. The van der Waals surface area contributed by atoms with Gasteiger partial charge in [0.05, 0.1) is 44.1 Å². The van der Waals surface area contributed by atoms with Crippen molar-refractivity contribution < 1.29 is 0 Å². The number of anilines is 12. The van der Waals surface area contributed by atoms with Crippen molar-refractivity contribution in [2.75, 3.05) is 19.6 Å². The molecular formula is C90H56N10. The zero-order valence-electron chi connectivity index (χ0n) is 53.8. The molecule has 0 aliphatic rings. The Morgan fingerprint density at radius 2 is 0.470 bits per heavy atom. The fourth-order valence-electron chi connectivity index (χ4n) is 16.2. The molecule has 10 nitrogen and oxygen atoms in total. The lowest BCUT2D eigenvalue weighted by Gasteiger charge is -2.26. The van der Waals surface area contributed by atoms with Crippen LogP contribution in [0, 0.1) is 0 Å². The molecule has 0 saturated carbocycles. The van der Waals surface area contributed by atoms with Gasteiger partial charge in [-0.15, -0.1) is 0 Å². The Labute approximate surface area is 573 Å². The standard InChI is InChI=1S/C90H56N10/c1-9-25-57(26-10-1)95(58-27-11-2-12-28-58)65-41-43-79-71(49-65)73-51-67(97(61-33-17-5-18-34-61)62-35-19-6-20-36-62)53-75-81-85-86(94-84-70-46-48-92-56-78(70)77-55-91-47-45-69(77)83(84)93-85)82-76-54-68(98(63-37-21-7-22-38-63)64-39-23-8-24-40-64)52-74-72-50-66(96(59-29-13-3-14-30-59)60-31-15-4-16-32-60)42-44-80(72)100(88(74)76)90(82)89(81)99(79)87(73)75/h1-56H. The van der Waals surface area contributed by atoms with Crippen LogP contribution in [0.4, 0.5) is 68.2 Å². The quantitative estimate of drug-likeness (QED) is 0.0885. The van der Waals surface area contributed by atoms with Gasteiger partial charge in [-0.05, 0) is 170 Å². The number of para-hydroxylation sites is 8. The molecule has 0 radical (unpaired) electrons. The van der Waals surface area contributed by atoms with Gasteiger partial charge in [0.15, 0.2) is 0 Å². The molecule has 0 atom stereocenters. The molecule has 0 amide bonds. The number of hydrogen-bond donors (Lipinski definition) is 0. The summed E-state index contributed by atoms with van der Waals surface area (Å²) in [4.78, 5) is 31.3. The SMILES string of the molecule is c1ccc(N(c2ccccc2)c2ccc3c(c2)c2cc(N(c4ccccc4)c4ccccc4)cc4c5c6nc7c8ccncc8c8cnccc8c7nc6c6c7cc(N(c8ccccc8)c8ccccc8)cc8c9cc(N(c%10ccccc%10)c%10ccccc%10)ccc9n(c87)c6c5n3c24)cc1. The molecule has 100 heavy (non-hydrogen) atoms. The first-order valence-electron chi connectivity index (χ1n) is 33.8. The van der Waals surface area contributed by atoms with Crippen LogP contribution in [-0.4, -0.2) is 28.7 Å². The summed E-state index contributed by atoms with van der Waals surface area (Å²) in [5, 5.41) is 12.5. The first-order chi connectivity index (χ1) is 49.7. The van der Waals surface area contributed by atoms with E-state index in [1.807, 2.05) is 24.8 Å². The highest BCUT2D eigenvalue weighted by Gasteiger charge is 2.33. The Morgan fingerprint density at radius 1 is 0.200 bits per heavy atom. The zero-order chi connectivity index (χ0) is 65.5. The van der Waals surface area contributed by atoms with Crippen molar-refractivity contribution in [3.8, 4) is 0 Å². The van der Waals surface area contributed by atoms with Crippen molar-refractivity contribution in [2.45, 2.75) is 0 Å². The molecule has 21 rings (SSSR count). The van der Waals surface area contributed by atoms with Crippen molar-refractivity contribution in [3.05, 3.63) is 340 Å². The van der Waals surface area contributed by atoms with Crippen molar-refractivity contribution in [2.24, 2.45) is 0 Å². The van der Waals surface area contributed by atoms with E-state index in [0.29, 0.717) is 0 Å². The Morgan fingerprint density at radius 3 is 0.770 bits per heavy atom. The maximum atomic E-state index is 6.18. The number of hydrogen-bond acceptors (Lipinski definition) is 8. The van der Waals surface area contributed by atoms with Crippen molar-refractivity contribution in [1.29, 1.82) is 0 Å². The Hall–Kier alpha value is -13.7. The van der Waals surface area contributed by atoms with E-state index in [1.54, 1.807) is 0 Å². The molecular weight excluding hydrogens is 1220 g/mol. The van der Waals surface area contributed by atoms with Crippen LogP contribution >= 0.6 is 0 Å². The summed E-state index contributed by atoms with van der Waals surface area (Å²) in [5.41, 5.74) is 22.2. The lowest BCUT2D eigenvalue weighted by Crippen LogP contribution is -2.10. The monoisotopic (exact) mass is 1280 g/mol. The molecule has 10 heteroatoms. The normalized spacial score (nSPS) is 12.0. The van der Waals surface area contributed by atoms with E-state index >= 15 is 0 Å². The maximum Gasteiger partial charge on any atom is 0.100 e. The second-order valence-electron chi connectivity index (χ2n) is 25.8. The van der Waals surface area contributed by atoms with E-state index in [9.17, 15) is 0 Å². The molecule has 14 aromatic carbocycles. The topological polar surface area (TPSA) is 73.3 Å². The average molecular weight is 1280 g/mol. The second-order valence-corrected chi connectivity index (χ2v) is 25.8. The van der Waals surface area contributed by atoms with Crippen LogP contribution < -0.4 is 19.6 Å². The molecule has 0 aliphatic carbocycles. The van der Waals surface area contributed by atoms with Gasteiger partial charge in [0, 0.05) is 158 Å². The van der Waals surface area contributed by atoms with E-state index in [4.69, 9.17) is 19.9 Å². The summed E-state index contributed by atoms with van der Waals surface area (Å²) in [6.45, 7) is 0. The molecule has 0 aliphatic heterocycles. The van der Waals surface area contributed by atoms with Gasteiger partial charge >= 0.3 is 0 Å². The lowest BCUT2D eigenvalue weighted by atomic mass is 9.99. The fourth-order valence-corrected chi connectivity index (χ4v) is 16.2. The number of pyridine rings is 2. The van der Waals surface area contributed by atoms with E-state index in [2.05, 4.69) is 344 Å². The molecule has 0 fully saturated rings. The third kappa shape index (κ3) is 8.25. The van der Waals surface area contributed by atoms with E-state index in [0.717, 1.165) is 188 Å². The van der Waals surface area contributed by atoms with Gasteiger partial charge < -0.3 is 28.4 Å². The lowest BCUT2D eigenvalue weighted by molar-refractivity contribution is 1.28. The minimum Gasteiger partial charge on any atom is -0.310 e. The zero-order valence-corrected chi connectivity index (χ0v) is 53.8. The first-order valence-corrected chi connectivity index (χ1v) is 33.8. The molecule has 466 valence electrons. The van der Waals surface area contributed by atoms with Gasteiger partial charge in [0.2, 0.25) is 0 Å². The second kappa shape index (κ2) is 21.9. The number of aromatic nitrogens is 6. The first kappa shape index (κ1) is 55.6.